The Morgan fingerprint density at radius 3 is 1.76 bits per heavy atom. The van der Waals surface area contributed by atoms with E-state index in [1.807, 2.05) is 0 Å². The SMILES string of the molecule is CCC[CH2][Sn]([C]#CCOCCOC)([CH2]CCC)[CH2]CCC. The average molecular weight is 403 g/mol. The van der Waals surface area contributed by atoms with E-state index in [2.05, 4.69) is 30.6 Å². The van der Waals surface area contributed by atoms with Crippen LogP contribution in [0.15, 0.2) is 0 Å². The zero-order chi connectivity index (χ0) is 15.8. The van der Waals surface area contributed by atoms with Gasteiger partial charge in [-0.25, -0.2) is 0 Å². The molecule has 0 spiro atoms. The maximum atomic E-state index is 5.52. The molecule has 21 heavy (non-hydrogen) atoms. The van der Waals surface area contributed by atoms with Crippen molar-refractivity contribution in [2.75, 3.05) is 26.9 Å². The van der Waals surface area contributed by atoms with Crippen molar-refractivity contribution in [3.05, 3.63) is 0 Å². The Hall–Kier alpha value is 0.279. The summed E-state index contributed by atoms with van der Waals surface area (Å²) in [5.74, 6) is 3.38. The minimum absolute atomic E-state index is 0.590. The van der Waals surface area contributed by atoms with Gasteiger partial charge < -0.3 is 0 Å². The fraction of sp³-hybridized carbons (Fsp3) is 0.889. The van der Waals surface area contributed by atoms with Crippen molar-refractivity contribution in [3.63, 3.8) is 0 Å². The van der Waals surface area contributed by atoms with Crippen LogP contribution in [0.3, 0.4) is 0 Å². The third-order valence-corrected chi connectivity index (χ3v) is 17.2. The summed E-state index contributed by atoms with van der Waals surface area (Å²) < 4.78 is 18.7. The average Bonchev–Trinajstić information content (AvgIpc) is 2.51. The zero-order valence-corrected chi connectivity index (χ0v) is 17.7. The van der Waals surface area contributed by atoms with Crippen LogP contribution in [-0.4, -0.2) is 45.3 Å². The van der Waals surface area contributed by atoms with Crippen LogP contribution in [0.4, 0.5) is 0 Å². The molecule has 0 aromatic heterocycles. The molecule has 0 aliphatic rings. The summed E-state index contributed by atoms with van der Waals surface area (Å²) in [6.07, 6.45) is 8.06. The number of rotatable bonds is 13. The fourth-order valence-corrected chi connectivity index (χ4v) is 15.9. The van der Waals surface area contributed by atoms with Crippen molar-refractivity contribution in [1.82, 2.24) is 0 Å². The molecule has 0 saturated carbocycles. The van der Waals surface area contributed by atoms with Crippen LogP contribution in [0.1, 0.15) is 59.3 Å². The topological polar surface area (TPSA) is 18.5 Å². The normalized spacial score (nSPS) is 11.2. The third-order valence-electron chi connectivity index (χ3n) is 3.99. The van der Waals surface area contributed by atoms with Crippen molar-refractivity contribution >= 4 is 18.4 Å². The molecular weight excluding hydrogens is 367 g/mol. The van der Waals surface area contributed by atoms with Crippen molar-refractivity contribution in [1.29, 1.82) is 0 Å². The molecule has 0 aromatic carbocycles. The van der Waals surface area contributed by atoms with Gasteiger partial charge in [0.1, 0.15) is 0 Å². The van der Waals surface area contributed by atoms with Gasteiger partial charge >= 0.3 is 137 Å². The first-order valence-electron chi connectivity index (χ1n) is 8.81. The molecule has 0 aromatic rings. The van der Waals surface area contributed by atoms with Crippen molar-refractivity contribution in [2.24, 2.45) is 0 Å². The van der Waals surface area contributed by atoms with Crippen molar-refractivity contribution in [3.8, 4) is 9.86 Å². The van der Waals surface area contributed by atoms with Crippen LogP contribution in [-0.2, 0) is 9.47 Å². The number of hydrogen-bond acceptors (Lipinski definition) is 2. The Morgan fingerprint density at radius 1 is 0.810 bits per heavy atom. The van der Waals surface area contributed by atoms with Crippen LogP contribution in [0.25, 0.3) is 0 Å². The molecule has 0 amide bonds. The van der Waals surface area contributed by atoms with E-state index in [1.165, 1.54) is 51.8 Å². The van der Waals surface area contributed by atoms with Crippen molar-refractivity contribution in [2.45, 2.75) is 72.6 Å². The van der Waals surface area contributed by atoms with E-state index >= 15 is 0 Å². The monoisotopic (exact) mass is 404 g/mol. The zero-order valence-electron chi connectivity index (χ0n) is 14.8. The Bertz CT molecular complexity index is 259. The van der Waals surface area contributed by atoms with Crippen LogP contribution >= 0.6 is 0 Å². The molecule has 2 nitrogen and oxygen atoms in total. The van der Waals surface area contributed by atoms with Crippen LogP contribution in [0.2, 0.25) is 13.3 Å². The van der Waals surface area contributed by atoms with E-state index in [0.717, 1.165) is 0 Å². The number of ether oxygens (including phenoxy) is 2. The summed E-state index contributed by atoms with van der Waals surface area (Å²) in [5.41, 5.74) is 0. The molecule has 0 aliphatic heterocycles. The number of methoxy groups -OCH3 is 1. The van der Waals surface area contributed by atoms with Gasteiger partial charge in [-0.3, -0.25) is 0 Å². The summed E-state index contributed by atoms with van der Waals surface area (Å²) in [4.78, 5) is 0. The standard InChI is InChI=1S/C6H9O2.3C4H9.Sn/c1-3-4-8-6-5-7-2;3*1-3-4-2;/h4-6H2,2H3;3*1,3-4H2,2H3;. The molecule has 0 bridgehead atoms. The molecule has 0 fully saturated rings. The molecule has 124 valence electrons. The van der Waals surface area contributed by atoms with E-state index in [9.17, 15) is 0 Å². The summed E-state index contributed by atoms with van der Waals surface area (Å²) in [7, 11) is 1.71. The van der Waals surface area contributed by atoms with Gasteiger partial charge in [0.05, 0.1) is 0 Å². The van der Waals surface area contributed by atoms with Gasteiger partial charge in [0.25, 0.3) is 0 Å². The van der Waals surface area contributed by atoms with E-state index < -0.39 is 18.4 Å². The quantitative estimate of drug-likeness (QED) is 0.244. The molecule has 0 heterocycles. The predicted octanol–water partition coefficient (Wildman–Crippen LogP) is 5.04. The Kier molecular flexibility index (Phi) is 15.4. The van der Waals surface area contributed by atoms with Gasteiger partial charge in [-0.05, 0) is 0 Å². The molecule has 0 rings (SSSR count). The van der Waals surface area contributed by atoms with Crippen LogP contribution in [0, 0.1) is 9.86 Å². The van der Waals surface area contributed by atoms with Gasteiger partial charge in [0.15, 0.2) is 0 Å². The Morgan fingerprint density at radius 2 is 1.33 bits per heavy atom. The number of unbranched alkanes of at least 4 members (excludes halogenated alkanes) is 3. The van der Waals surface area contributed by atoms with E-state index in [1.54, 1.807) is 7.11 Å². The Labute approximate surface area is 137 Å². The van der Waals surface area contributed by atoms with Crippen molar-refractivity contribution < 1.29 is 9.47 Å². The van der Waals surface area contributed by atoms with Gasteiger partial charge in [-0.2, -0.15) is 0 Å². The summed E-state index contributed by atoms with van der Waals surface area (Å²) >= 11 is -2.23. The fourth-order valence-electron chi connectivity index (χ4n) is 2.60. The van der Waals surface area contributed by atoms with Crippen LogP contribution < -0.4 is 0 Å². The molecular formula is C18H36O2Sn. The van der Waals surface area contributed by atoms with Gasteiger partial charge in [-0.15, -0.1) is 0 Å². The van der Waals surface area contributed by atoms with Crippen LogP contribution in [0.5, 0.6) is 0 Å². The van der Waals surface area contributed by atoms with E-state index in [-0.39, 0.29) is 0 Å². The third kappa shape index (κ3) is 11.5. The van der Waals surface area contributed by atoms with Gasteiger partial charge in [0, 0.05) is 0 Å². The first kappa shape index (κ1) is 21.3. The molecule has 0 N–H and O–H groups in total. The van der Waals surface area contributed by atoms with Gasteiger partial charge in [-0.1, -0.05) is 0 Å². The van der Waals surface area contributed by atoms with E-state index in [4.69, 9.17) is 9.47 Å². The second kappa shape index (κ2) is 15.2. The summed E-state index contributed by atoms with van der Waals surface area (Å²) in [6.45, 7) is 8.82. The second-order valence-electron chi connectivity index (χ2n) is 5.94. The Balaban J connectivity index is 4.58. The number of hydrogen-bond donors (Lipinski definition) is 0. The molecule has 3 heteroatoms. The molecule has 0 atom stereocenters. The predicted molar refractivity (Wildman–Crippen MR) is 95.4 cm³/mol. The first-order chi connectivity index (χ1) is 10.2. The summed E-state index contributed by atoms with van der Waals surface area (Å²) in [6, 6.07) is 0. The maximum absolute atomic E-state index is 5.52. The van der Waals surface area contributed by atoms with E-state index in [0.29, 0.717) is 19.8 Å². The summed E-state index contributed by atoms with van der Waals surface area (Å²) in [5, 5.41) is 0. The first-order valence-corrected chi connectivity index (χ1v) is 16.3. The van der Waals surface area contributed by atoms with Gasteiger partial charge in [0.2, 0.25) is 0 Å². The second-order valence-corrected chi connectivity index (χ2v) is 18.2. The molecule has 0 radical (unpaired) electrons. The minimum atomic E-state index is -2.23. The molecule has 0 unspecified atom stereocenters. The molecule has 0 saturated heterocycles. The molecule has 0 aliphatic carbocycles.